The molecule has 5 aromatic rings. The number of carbonyl (C=O) groups is 1. The fourth-order valence-electron chi connectivity index (χ4n) is 5.36. The summed E-state index contributed by atoms with van der Waals surface area (Å²) < 4.78 is 12.6. The molecule has 0 aliphatic carbocycles. The van der Waals surface area contributed by atoms with E-state index in [0.29, 0.717) is 17.1 Å². The van der Waals surface area contributed by atoms with Crippen LogP contribution >= 0.6 is 0 Å². The molecular formula is C33H24N2O3. The fourth-order valence-corrected chi connectivity index (χ4v) is 5.36. The molecule has 38 heavy (non-hydrogen) atoms. The van der Waals surface area contributed by atoms with Crippen LogP contribution in [0, 0.1) is 6.92 Å². The Bertz CT molecular complexity index is 1700. The second-order valence-electron chi connectivity index (χ2n) is 9.62. The molecule has 5 aromatic carbocycles. The second kappa shape index (κ2) is 8.53. The van der Waals surface area contributed by atoms with Crippen LogP contribution in [0.2, 0.25) is 0 Å². The lowest BCUT2D eigenvalue weighted by atomic mass is 9.77. The van der Waals surface area contributed by atoms with Crippen LogP contribution in [0.15, 0.2) is 115 Å². The van der Waals surface area contributed by atoms with E-state index in [9.17, 15) is 4.79 Å². The van der Waals surface area contributed by atoms with Crippen molar-refractivity contribution in [2.75, 3.05) is 10.6 Å². The van der Waals surface area contributed by atoms with Gasteiger partial charge in [0.15, 0.2) is 5.60 Å². The first-order valence-corrected chi connectivity index (χ1v) is 12.6. The van der Waals surface area contributed by atoms with Crippen molar-refractivity contribution in [3.8, 4) is 11.5 Å². The number of carbonyl (C=O) groups excluding carboxylic acids is 1. The van der Waals surface area contributed by atoms with Crippen molar-refractivity contribution in [1.82, 2.24) is 0 Å². The van der Waals surface area contributed by atoms with Gasteiger partial charge in [-0.15, -0.1) is 0 Å². The highest BCUT2D eigenvalue weighted by atomic mass is 16.6. The van der Waals surface area contributed by atoms with Gasteiger partial charge in [-0.1, -0.05) is 48.0 Å². The molecular weight excluding hydrogens is 472 g/mol. The van der Waals surface area contributed by atoms with Crippen LogP contribution in [-0.4, -0.2) is 5.97 Å². The van der Waals surface area contributed by atoms with E-state index in [4.69, 9.17) is 9.47 Å². The van der Waals surface area contributed by atoms with Crippen LogP contribution < -0.4 is 15.4 Å². The molecule has 1 atom stereocenters. The zero-order valence-electron chi connectivity index (χ0n) is 20.7. The summed E-state index contributed by atoms with van der Waals surface area (Å²) in [5.74, 6) is 1.01. The molecule has 2 aliphatic heterocycles. The Balaban J connectivity index is 1.25. The van der Waals surface area contributed by atoms with E-state index < -0.39 is 5.60 Å². The molecule has 7 rings (SSSR count). The predicted octanol–water partition coefficient (Wildman–Crippen LogP) is 8.05. The lowest BCUT2D eigenvalue weighted by molar-refractivity contribution is 0.0224. The van der Waals surface area contributed by atoms with Gasteiger partial charge in [-0.3, -0.25) is 0 Å². The van der Waals surface area contributed by atoms with Crippen LogP contribution in [0.25, 0.3) is 0 Å². The quantitative estimate of drug-likeness (QED) is 0.247. The predicted molar refractivity (Wildman–Crippen MR) is 149 cm³/mol. The van der Waals surface area contributed by atoms with E-state index in [2.05, 4.69) is 10.6 Å². The number of rotatable bonds is 4. The summed E-state index contributed by atoms with van der Waals surface area (Å²) in [4.78, 5) is 13.0. The standard InChI is InChI=1S/C33H24N2O3/c1-21-11-18-30-29(19-21)33(27-10-6-5-9-26(27)32(36)38-33)28-17-16-25(20-31(28)37-30)35-24-14-12-23(13-15-24)34-22-7-3-2-4-8-22/h2-20,34-35H,1H3. The van der Waals surface area contributed by atoms with Gasteiger partial charge in [0.05, 0.1) is 5.56 Å². The van der Waals surface area contributed by atoms with Gasteiger partial charge in [-0.2, -0.15) is 0 Å². The molecule has 0 amide bonds. The van der Waals surface area contributed by atoms with Crippen molar-refractivity contribution in [3.63, 3.8) is 0 Å². The summed E-state index contributed by atoms with van der Waals surface area (Å²) in [6, 6.07) is 37.8. The lowest BCUT2D eigenvalue weighted by Gasteiger charge is -2.37. The van der Waals surface area contributed by atoms with Crippen LogP contribution in [-0.2, 0) is 10.3 Å². The molecule has 5 nitrogen and oxygen atoms in total. The zero-order chi connectivity index (χ0) is 25.7. The first-order valence-electron chi connectivity index (χ1n) is 12.6. The van der Waals surface area contributed by atoms with Gasteiger partial charge < -0.3 is 20.1 Å². The fraction of sp³-hybridized carbons (Fsp3) is 0.0606. The molecule has 0 radical (unpaired) electrons. The summed E-state index contributed by atoms with van der Waals surface area (Å²) in [6.07, 6.45) is 0. The SMILES string of the molecule is Cc1ccc2c(c1)C1(OC(=O)c3ccccc31)c1ccc(Nc3ccc(Nc4ccccc4)cc3)cc1O2. The van der Waals surface area contributed by atoms with Gasteiger partial charge in [0.2, 0.25) is 0 Å². The number of anilines is 4. The Morgan fingerprint density at radius 2 is 1.24 bits per heavy atom. The van der Waals surface area contributed by atoms with E-state index in [-0.39, 0.29) is 5.97 Å². The summed E-state index contributed by atoms with van der Waals surface area (Å²) >= 11 is 0. The molecule has 1 unspecified atom stereocenters. The number of fused-ring (bicyclic) bond motifs is 6. The summed E-state index contributed by atoms with van der Waals surface area (Å²) in [5, 5.41) is 6.87. The van der Waals surface area contributed by atoms with E-state index in [1.165, 1.54) is 0 Å². The number of hydrogen-bond acceptors (Lipinski definition) is 5. The molecule has 1 spiro atoms. The average Bonchev–Trinajstić information content (AvgIpc) is 3.24. The molecule has 2 aliphatic rings. The van der Waals surface area contributed by atoms with Crippen LogP contribution in [0.5, 0.6) is 11.5 Å². The lowest BCUT2D eigenvalue weighted by Crippen LogP contribution is -2.33. The highest BCUT2D eigenvalue weighted by Gasteiger charge is 2.53. The van der Waals surface area contributed by atoms with E-state index >= 15 is 0 Å². The molecule has 0 saturated heterocycles. The zero-order valence-corrected chi connectivity index (χ0v) is 20.7. The Kier molecular flexibility index (Phi) is 4.98. The Morgan fingerprint density at radius 1 is 0.579 bits per heavy atom. The smallest absolute Gasteiger partial charge is 0.340 e. The van der Waals surface area contributed by atoms with Crippen molar-refractivity contribution in [3.05, 3.63) is 143 Å². The number of para-hydroxylation sites is 1. The monoisotopic (exact) mass is 496 g/mol. The maximum Gasteiger partial charge on any atom is 0.340 e. The topological polar surface area (TPSA) is 59.6 Å². The normalized spacial score (nSPS) is 16.6. The third kappa shape index (κ3) is 3.51. The third-order valence-corrected chi connectivity index (χ3v) is 7.10. The number of nitrogens with one attached hydrogen (secondary N) is 2. The molecule has 0 saturated carbocycles. The minimum Gasteiger partial charge on any atom is -0.456 e. The number of esters is 1. The second-order valence-corrected chi connectivity index (χ2v) is 9.62. The number of ether oxygens (including phenoxy) is 2. The highest BCUT2D eigenvalue weighted by Crippen LogP contribution is 2.56. The molecule has 5 heteroatoms. The van der Waals surface area contributed by atoms with Crippen molar-refractivity contribution in [1.29, 1.82) is 0 Å². The Morgan fingerprint density at radius 3 is 2.03 bits per heavy atom. The van der Waals surface area contributed by atoms with Gasteiger partial charge in [-0.25, -0.2) is 4.79 Å². The maximum absolute atomic E-state index is 13.0. The van der Waals surface area contributed by atoms with Crippen molar-refractivity contribution >= 4 is 28.7 Å². The van der Waals surface area contributed by atoms with Gasteiger partial charge in [0, 0.05) is 45.5 Å². The average molecular weight is 497 g/mol. The van der Waals surface area contributed by atoms with E-state index in [1.54, 1.807) is 0 Å². The number of benzene rings is 5. The molecule has 184 valence electrons. The Hall–Kier alpha value is -5.03. The van der Waals surface area contributed by atoms with E-state index in [1.807, 2.05) is 122 Å². The molecule has 2 heterocycles. The maximum atomic E-state index is 13.0. The van der Waals surface area contributed by atoms with Crippen molar-refractivity contribution < 1.29 is 14.3 Å². The van der Waals surface area contributed by atoms with Crippen molar-refractivity contribution in [2.45, 2.75) is 12.5 Å². The molecule has 0 bridgehead atoms. The highest BCUT2D eigenvalue weighted by molar-refractivity contribution is 5.97. The van der Waals surface area contributed by atoms with Gasteiger partial charge in [-0.05, 0) is 73.7 Å². The van der Waals surface area contributed by atoms with Crippen molar-refractivity contribution in [2.24, 2.45) is 0 Å². The largest absolute Gasteiger partial charge is 0.456 e. The Labute approximate surface area is 220 Å². The minimum absolute atomic E-state index is 0.327. The molecule has 0 aromatic heterocycles. The molecule has 0 fully saturated rings. The van der Waals surface area contributed by atoms with Gasteiger partial charge >= 0.3 is 5.97 Å². The first-order chi connectivity index (χ1) is 18.6. The summed E-state index contributed by atoms with van der Waals surface area (Å²) in [6.45, 7) is 2.03. The molecule has 2 N–H and O–H groups in total. The van der Waals surface area contributed by atoms with Crippen LogP contribution in [0.1, 0.15) is 32.6 Å². The summed E-state index contributed by atoms with van der Waals surface area (Å²) in [7, 11) is 0. The summed E-state index contributed by atoms with van der Waals surface area (Å²) in [5.41, 5.74) is 6.95. The number of aryl methyl sites for hydroxylation is 1. The minimum atomic E-state index is -1.05. The number of hydrogen-bond donors (Lipinski definition) is 2. The first kappa shape index (κ1) is 22.2. The van der Waals surface area contributed by atoms with Gasteiger partial charge in [0.25, 0.3) is 0 Å². The van der Waals surface area contributed by atoms with Crippen LogP contribution in [0.4, 0.5) is 22.7 Å². The van der Waals surface area contributed by atoms with Crippen LogP contribution in [0.3, 0.4) is 0 Å². The van der Waals surface area contributed by atoms with E-state index in [0.717, 1.165) is 45.0 Å². The van der Waals surface area contributed by atoms with Gasteiger partial charge in [0.1, 0.15) is 11.5 Å². The third-order valence-electron chi connectivity index (χ3n) is 7.10.